The molecule has 2 aliphatic heterocycles. The van der Waals surface area contributed by atoms with Crippen molar-refractivity contribution in [1.29, 1.82) is 0 Å². The van der Waals surface area contributed by atoms with Crippen molar-refractivity contribution in [3.8, 4) is 0 Å². The van der Waals surface area contributed by atoms with Crippen LogP contribution in [0.3, 0.4) is 0 Å². The molecule has 2 atom stereocenters. The zero-order valence-corrected chi connectivity index (χ0v) is 12.5. The lowest BCUT2D eigenvalue weighted by atomic mass is 10.1. The Labute approximate surface area is 129 Å². The van der Waals surface area contributed by atoms with Crippen molar-refractivity contribution >= 4 is 17.3 Å². The van der Waals surface area contributed by atoms with Gasteiger partial charge in [0.25, 0.3) is 0 Å². The second kappa shape index (κ2) is 7.07. The van der Waals surface area contributed by atoms with Gasteiger partial charge >= 0.3 is 0 Å². The molecule has 1 aromatic rings. The molecule has 1 amide bonds. The Morgan fingerprint density at radius 2 is 2.32 bits per heavy atom. The molecule has 22 heavy (non-hydrogen) atoms. The van der Waals surface area contributed by atoms with Crippen LogP contribution in [0.4, 0.5) is 15.8 Å². The highest BCUT2D eigenvalue weighted by Crippen LogP contribution is 2.21. The average Bonchev–Trinajstić information content (AvgIpc) is 3.20. The fraction of sp³-hybridized carbons (Fsp3) is 0.562. The van der Waals surface area contributed by atoms with Crippen LogP contribution in [0.2, 0.25) is 0 Å². The maximum absolute atomic E-state index is 14.1. The van der Waals surface area contributed by atoms with Gasteiger partial charge in [-0.15, -0.1) is 0 Å². The van der Waals surface area contributed by atoms with Crippen LogP contribution in [0.1, 0.15) is 19.3 Å². The molecule has 2 heterocycles. The number of halogens is 1. The number of carbonyl (C=O) groups excluding carboxylic acids is 1. The van der Waals surface area contributed by atoms with Crippen molar-refractivity contribution in [2.24, 2.45) is 5.92 Å². The summed E-state index contributed by atoms with van der Waals surface area (Å²) in [5.41, 5.74) is 0.938. The topological polar surface area (TPSA) is 62.4 Å². The Kier molecular flexibility index (Phi) is 4.90. The van der Waals surface area contributed by atoms with Crippen LogP contribution in [-0.4, -0.2) is 38.3 Å². The first-order chi connectivity index (χ1) is 10.7. The van der Waals surface area contributed by atoms with Crippen molar-refractivity contribution in [1.82, 2.24) is 5.32 Å². The minimum absolute atomic E-state index is 0.0274. The van der Waals surface area contributed by atoms with Crippen LogP contribution >= 0.6 is 0 Å². The number of ether oxygens (including phenoxy) is 1. The van der Waals surface area contributed by atoms with Crippen LogP contribution in [0.15, 0.2) is 18.2 Å². The highest BCUT2D eigenvalue weighted by atomic mass is 19.1. The highest BCUT2D eigenvalue weighted by Gasteiger charge is 2.22. The number of carbonyl (C=O) groups is 1. The Bertz CT molecular complexity index is 526. The molecular weight excluding hydrogens is 285 g/mol. The van der Waals surface area contributed by atoms with Gasteiger partial charge in [0, 0.05) is 25.4 Å². The number of anilines is 2. The lowest BCUT2D eigenvalue weighted by Crippen LogP contribution is -2.24. The summed E-state index contributed by atoms with van der Waals surface area (Å²) in [5, 5.41) is 8.99. The predicted molar refractivity (Wildman–Crippen MR) is 83.5 cm³/mol. The summed E-state index contributed by atoms with van der Waals surface area (Å²) in [6.07, 6.45) is 3.07. The van der Waals surface area contributed by atoms with E-state index in [4.69, 9.17) is 4.74 Å². The van der Waals surface area contributed by atoms with Gasteiger partial charge in [-0.1, -0.05) is 0 Å². The molecule has 2 aliphatic rings. The van der Waals surface area contributed by atoms with Gasteiger partial charge in [0.05, 0.1) is 17.7 Å². The Balaban J connectivity index is 1.55. The standard InChI is InChI=1S/C16H22FN3O2/c17-14-8-12(20-16(21)11-5-6-18-9-11)3-4-15(14)19-10-13-2-1-7-22-13/h3-4,8,11,13,18-19H,1-2,5-7,9-10H2,(H,20,21). The first kappa shape index (κ1) is 15.2. The van der Waals surface area contributed by atoms with E-state index < -0.39 is 0 Å². The summed E-state index contributed by atoms with van der Waals surface area (Å²) in [5.74, 6) is -0.440. The average molecular weight is 307 g/mol. The molecule has 2 fully saturated rings. The minimum atomic E-state index is -0.361. The molecule has 0 spiro atoms. The van der Waals surface area contributed by atoms with E-state index in [-0.39, 0.29) is 23.7 Å². The van der Waals surface area contributed by atoms with E-state index >= 15 is 0 Å². The van der Waals surface area contributed by atoms with Gasteiger partial charge in [0.1, 0.15) is 5.82 Å². The number of amides is 1. The fourth-order valence-corrected chi connectivity index (χ4v) is 2.89. The van der Waals surface area contributed by atoms with Gasteiger partial charge in [-0.05, 0) is 44.0 Å². The van der Waals surface area contributed by atoms with E-state index in [1.54, 1.807) is 12.1 Å². The summed E-state index contributed by atoms with van der Waals surface area (Å²) < 4.78 is 19.6. The smallest absolute Gasteiger partial charge is 0.228 e. The van der Waals surface area contributed by atoms with Crippen LogP contribution in [0, 0.1) is 11.7 Å². The van der Waals surface area contributed by atoms with E-state index in [9.17, 15) is 9.18 Å². The van der Waals surface area contributed by atoms with Crippen LogP contribution in [-0.2, 0) is 9.53 Å². The molecule has 0 radical (unpaired) electrons. The van der Waals surface area contributed by atoms with Gasteiger partial charge < -0.3 is 20.7 Å². The molecule has 2 unspecified atom stereocenters. The molecule has 3 N–H and O–H groups in total. The largest absolute Gasteiger partial charge is 0.380 e. The van der Waals surface area contributed by atoms with Gasteiger partial charge in [-0.2, -0.15) is 0 Å². The zero-order chi connectivity index (χ0) is 15.4. The SMILES string of the molecule is O=C(Nc1ccc(NCC2CCCO2)c(F)c1)C1CCNC1. The molecule has 5 nitrogen and oxygen atoms in total. The molecule has 0 bridgehead atoms. The lowest BCUT2D eigenvalue weighted by molar-refractivity contribution is -0.119. The molecule has 6 heteroatoms. The molecular formula is C16H22FN3O2. The Morgan fingerprint density at radius 3 is 3.00 bits per heavy atom. The third-order valence-electron chi connectivity index (χ3n) is 4.21. The van der Waals surface area contributed by atoms with Gasteiger partial charge in [0.15, 0.2) is 0 Å². The number of hydrogen-bond donors (Lipinski definition) is 3. The van der Waals surface area contributed by atoms with Gasteiger partial charge in [-0.3, -0.25) is 4.79 Å². The number of benzene rings is 1. The highest BCUT2D eigenvalue weighted by molar-refractivity contribution is 5.93. The van der Waals surface area contributed by atoms with Crippen molar-refractivity contribution in [2.45, 2.75) is 25.4 Å². The third kappa shape index (κ3) is 3.75. The minimum Gasteiger partial charge on any atom is -0.380 e. The van der Waals surface area contributed by atoms with Crippen molar-refractivity contribution in [3.63, 3.8) is 0 Å². The lowest BCUT2D eigenvalue weighted by Gasteiger charge is -2.14. The molecule has 2 saturated heterocycles. The molecule has 0 saturated carbocycles. The quantitative estimate of drug-likeness (QED) is 0.778. The maximum Gasteiger partial charge on any atom is 0.228 e. The fourth-order valence-electron chi connectivity index (χ4n) is 2.89. The summed E-state index contributed by atoms with van der Waals surface area (Å²) >= 11 is 0. The first-order valence-electron chi connectivity index (χ1n) is 7.89. The van der Waals surface area contributed by atoms with Crippen molar-refractivity contribution in [3.05, 3.63) is 24.0 Å². The van der Waals surface area contributed by atoms with Gasteiger partial charge in [-0.25, -0.2) is 4.39 Å². The summed E-state index contributed by atoms with van der Waals surface area (Å²) in [4.78, 5) is 12.0. The van der Waals surface area contributed by atoms with Crippen LogP contribution in [0.25, 0.3) is 0 Å². The van der Waals surface area contributed by atoms with Crippen LogP contribution < -0.4 is 16.0 Å². The van der Waals surface area contributed by atoms with E-state index in [0.717, 1.165) is 32.4 Å². The van der Waals surface area contributed by atoms with Crippen molar-refractivity contribution in [2.75, 3.05) is 36.9 Å². The molecule has 1 aromatic carbocycles. The van der Waals surface area contributed by atoms with Crippen LogP contribution in [0.5, 0.6) is 0 Å². The van der Waals surface area contributed by atoms with E-state index in [0.29, 0.717) is 24.5 Å². The number of hydrogen-bond acceptors (Lipinski definition) is 4. The molecule has 0 aromatic heterocycles. The third-order valence-corrected chi connectivity index (χ3v) is 4.21. The molecule has 120 valence electrons. The maximum atomic E-state index is 14.1. The zero-order valence-electron chi connectivity index (χ0n) is 12.5. The van der Waals surface area contributed by atoms with E-state index in [1.807, 2.05) is 0 Å². The second-order valence-electron chi connectivity index (χ2n) is 5.89. The first-order valence-corrected chi connectivity index (χ1v) is 7.89. The summed E-state index contributed by atoms with van der Waals surface area (Å²) in [6.45, 7) is 2.94. The molecule has 3 rings (SSSR count). The normalized spacial score (nSPS) is 24.4. The Morgan fingerprint density at radius 1 is 1.41 bits per heavy atom. The summed E-state index contributed by atoms with van der Waals surface area (Å²) in [7, 11) is 0. The predicted octanol–water partition coefficient (Wildman–Crippen LogP) is 1.96. The monoisotopic (exact) mass is 307 g/mol. The molecule has 0 aliphatic carbocycles. The number of rotatable bonds is 5. The Hall–Kier alpha value is -1.66. The number of nitrogens with one attached hydrogen (secondary N) is 3. The second-order valence-corrected chi connectivity index (χ2v) is 5.89. The van der Waals surface area contributed by atoms with E-state index in [1.165, 1.54) is 6.07 Å². The summed E-state index contributed by atoms with van der Waals surface area (Å²) in [6, 6.07) is 4.74. The van der Waals surface area contributed by atoms with Gasteiger partial charge in [0.2, 0.25) is 5.91 Å². The van der Waals surface area contributed by atoms with E-state index in [2.05, 4.69) is 16.0 Å². The van der Waals surface area contributed by atoms with Crippen molar-refractivity contribution < 1.29 is 13.9 Å².